The molecule has 0 unspecified atom stereocenters. The highest BCUT2D eigenvalue weighted by Crippen LogP contribution is 2.15. The van der Waals surface area contributed by atoms with Gasteiger partial charge in [0.05, 0.1) is 6.42 Å². The van der Waals surface area contributed by atoms with Crippen molar-refractivity contribution >= 4 is 23.2 Å². The van der Waals surface area contributed by atoms with E-state index in [0.717, 1.165) is 17.7 Å². The van der Waals surface area contributed by atoms with Gasteiger partial charge in [-0.15, -0.1) is 0 Å². The van der Waals surface area contributed by atoms with E-state index in [9.17, 15) is 14.7 Å². The molecule has 2 rings (SSSR count). The number of rotatable bonds is 6. The van der Waals surface area contributed by atoms with Crippen LogP contribution < -0.4 is 10.7 Å². The molecule has 25 heavy (non-hydrogen) atoms. The maximum absolute atomic E-state index is 12.1. The summed E-state index contributed by atoms with van der Waals surface area (Å²) in [5.74, 6) is -0.516. The average molecular weight is 339 g/mol. The topological polar surface area (TPSA) is 90.8 Å². The van der Waals surface area contributed by atoms with Crippen molar-refractivity contribution < 1.29 is 14.7 Å². The molecule has 130 valence electrons. The Morgan fingerprint density at radius 1 is 1.08 bits per heavy atom. The number of hydrogen-bond donors (Lipinski definition) is 3. The second kappa shape index (κ2) is 8.63. The molecule has 2 amide bonds. The van der Waals surface area contributed by atoms with Crippen LogP contribution in [0.5, 0.6) is 5.75 Å². The third-order valence-corrected chi connectivity index (χ3v) is 3.57. The van der Waals surface area contributed by atoms with Crippen LogP contribution in [0.3, 0.4) is 0 Å². The Morgan fingerprint density at radius 2 is 1.76 bits per heavy atom. The molecule has 0 fully saturated rings. The number of para-hydroxylation sites is 1. The van der Waals surface area contributed by atoms with Gasteiger partial charge in [-0.2, -0.15) is 5.10 Å². The molecular weight excluding hydrogens is 318 g/mol. The second-order valence-electron chi connectivity index (χ2n) is 5.57. The van der Waals surface area contributed by atoms with Crippen molar-refractivity contribution in [3.8, 4) is 5.75 Å². The van der Waals surface area contributed by atoms with Gasteiger partial charge in [0.25, 0.3) is 5.91 Å². The van der Waals surface area contributed by atoms with Crippen LogP contribution in [0.15, 0.2) is 53.6 Å². The molecule has 0 bridgehead atoms. The lowest BCUT2D eigenvalue weighted by Crippen LogP contribution is -2.21. The van der Waals surface area contributed by atoms with Gasteiger partial charge in [0, 0.05) is 17.0 Å². The molecule has 0 heterocycles. The van der Waals surface area contributed by atoms with Crippen molar-refractivity contribution in [3.05, 3.63) is 59.7 Å². The van der Waals surface area contributed by atoms with E-state index >= 15 is 0 Å². The maximum Gasteiger partial charge on any atom is 0.271 e. The number of aryl methyl sites for hydroxylation is 1. The lowest BCUT2D eigenvalue weighted by Gasteiger charge is -2.09. The summed E-state index contributed by atoms with van der Waals surface area (Å²) < 4.78 is 0. The van der Waals surface area contributed by atoms with Crippen molar-refractivity contribution in [2.24, 2.45) is 5.10 Å². The highest BCUT2D eigenvalue weighted by atomic mass is 16.3. The largest absolute Gasteiger partial charge is 0.508 e. The fourth-order valence-corrected chi connectivity index (χ4v) is 2.24. The minimum Gasteiger partial charge on any atom is -0.508 e. The normalized spacial score (nSPS) is 11.0. The minimum absolute atomic E-state index is 0.0773. The number of amides is 2. The number of aromatic hydroxyl groups is 1. The van der Waals surface area contributed by atoms with Crippen LogP contribution in [0, 0.1) is 0 Å². The predicted octanol–water partition coefficient (Wildman–Crippen LogP) is 3.09. The van der Waals surface area contributed by atoms with Gasteiger partial charge in [-0.05, 0) is 49.2 Å². The van der Waals surface area contributed by atoms with E-state index in [4.69, 9.17) is 0 Å². The third kappa shape index (κ3) is 5.46. The number of benzene rings is 2. The van der Waals surface area contributed by atoms with Gasteiger partial charge in [-0.1, -0.05) is 25.1 Å². The first kappa shape index (κ1) is 18.2. The summed E-state index contributed by atoms with van der Waals surface area (Å²) in [5.41, 5.74) is 5.10. The van der Waals surface area contributed by atoms with Gasteiger partial charge in [0.2, 0.25) is 5.91 Å². The molecule has 0 aromatic heterocycles. The highest BCUT2D eigenvalue weighted by molar-refractivity contribution is 6.06. The highest BCUT2D eigenvalue weighted by Gasteiger charge is 2.08. The number of carbonyl (C=O) groups is 2. The molecule has 2 aromatic carbocycles. The van der Waals surface area contributed by atoms with Gasteiger partial charge in [-0.25, -0.2) is 5.43 Å². The molecule has 0 spiro atoms. The van der Waals surface area contributed by atoms with E-state index in [0.29, 0.717) is 11.3 Å². The zero-order chi connectivity index (χ0) is 18.2. The Kier molecular flexibility index (Phi) is 6.28. The van der Waals surface area contributed by atoms with Gasteiger partial charge >= 0.3 is 0 Å². The van der Waals surface area contributed by atoms with E-state index in [2.05, 4.69) is 15.8 Å². The zero-order valence-corrected chi connectivity index (χ0v) is 14.2. The van der Waals surface area contributed by atoms with E-state index < -0.39 is 5.91 Å². The summed E-state index contributed by atoms with van der Waals surface area (Å²) in [6.07, 6.45) is 0.903. The Balaban J connectivity index is 1.90. The number of nitrogens with one attached hydrogen (secondary N) is 2. The molecule has 0 saturated heterocycles. The average Bonchev–Trinajstić information content (AvgIpc) is 2.60. The number of anilines is 1. The monoisotopic (exact) mass is 339 g/mol. The van der Waals surface area contributed by atoms with E-state index in [1.54, 1.807) is 6.92 Å². The minimum atomic E-state index is -0.406. The number of hydrazone groups is 1. The summed E-state index contributed by atoms with van der Waals surface area (Å²) in [4.78, 5) is 24.0. The molecule has 0 aliphatic heterocycles. The fourth-order valence-electron chi connectivity index (χ4n) is 2.24. The molecule has 3 N–H and O–H groups in total. The van der Waals surface area contributed by atoms with Crippen LogP contribution in [-0.2, 0) is 11.2 Å². The summed E-state index contributed by atoms with van der Waals surface area (Å²) in [5, 5.41) is 16.0. The van der Waals surface area contributed by atoms with Crippen molar-refractivity contribution in [1.82, 2.24) is 5.43 Å². The van der Waals surface area contributed by atoms with Crippen molar-refractivity contribution in [3.63, 3.8) is 0 Å². The first-order chi connectivity index (χ1) is 12.0. The first-order valence-electron chi connectivity index (χ1n) is 8.00. The molecule has 0 radical (unpaired) electrons. The molecule has 0 aliphatic carbocycles. The van der Waals surface area contributed by atoms with Gasteiger partial charge in [0.15, 0.2) is 0 Å². The summed E-state index contributed by atoms with van der Waals surface area (Å²) >= 11 is 0. The molecule has 0 aliphatic rings. The Labute approximate surface area is 146 Å². The lowest BCUT2D eigenvalue weighted by atomic mass is 10.1. The van der Waals surface area contributed by atoms with Gasteiger partial charge in [-0.3, -0.25) is 9.59 Å². The van der Waals surface area contributed by atoms with Gasteiger partial charge < -0.3 is 10.4 Å². The quantitative estimate of drug-likeness (QED) is 0.558. The van der Waals surface area contributed by atoms with Crippen LogP contribution in [0.25, 0.3) is 0 Å². The van der Waals surface area contributed by atoms with Crippen LogP contribution in [0.2, 0.25) is 0 Å². The number of nitrogens with zero attached hydrogens (tertiary/aromatic N) is 1. The molecule has 2 aromatic rings. The fraction of sp³-hybridized carbons (Fsp3) is 0.211. The Morgan fingerprint density at radius 3 is 2.44 bits per heavy atom. The van der Waals surface area contributed by atoms with Crippen LogP contribution >= 0.6 is 0 Å². The van der Waals surface area contributed by atoms with Crippen molar-refractivity contribution in [2.75, 3.05) is 5.32 Å². The Hall–Kier alpha value is -3.15. The van der Waals surface area contributed by atoms with Crippen molar-refractivity contribution in [1.29, 1.82) is 0 Å². The van der Waals surface area contributed by atoms with E-state index in [-0.39, 0.29) is 18.1 Å². The number of phenols is 1. The number of phenolic OH excluding ortho intramolecular Hbond substituents is 1. The van der Waals surface area contributed by atoms with Crippen LogP contribution in [0.1, 0.15) is 36.2 Å². The zero-order valence-electron chi connectivity index (χ0n) is 14.2. The summed E-state index contributed by atoms with van der Waals surface area (Å²) in [6, 6.07) is 13.4. The molecular formula is C19H21N3O3. The summed E-state index contributed by atoms with van der Waals surface area (Å²) in [6.45, 7) is 3.69. The predicted molar refractivity (Wildman–Crippen MR) is 97.7 cm³/mol. The SMILES string of the molecule is CCc1ccccc1NC(=O)C/C(C)=N\NC(=O)c1ccc(O)cc1. The number of hydrogen-bond acceptors (Lipinski definition) is 4. The lowest BCUT2D eigenvalue weighted by molar-refractivity contribution is -0.115. The third-order valence-electron chi connectivity index (χ3n) is 3.57. The van der Waals surface area contributed by atoms with E-state index in [1.807, 2.05) is 31.2 Å². The molecule has 0 saturated carbocycles. The first-order valence-corrected chi connectivity index (χ1v) is 8.00. The smallest absolute Gasteiger partial charge is 0.271 e. The van der Waals surface area contributed by atoms with Crippen LogP contribution in [-0.4, -0.2) is 22.6 Å². The molecule has 6 nitrogen and oxygen atoms in total. The van der Waals surface area contributed by atoms with Crippen LogP contribution in [0.4, 0.5) is 5.69 Å². The summed E-state index contributed by atoms with van der Waals surface area (Å²) in [7, 11) is 0. The van der Waals surface area contributed by atoms with Crippen molar-refractivity contribution in [2.45, 2.75) is 26.7 Å². The van der Waals surface area contributed by atoms with Gasteiger partial charge in [0.1, 0.15) is 5.75 Å². The number of carbonyl (C=O) groups excluding carboxylic acids is 2. The molecule has 6 heteroatoms. The Bertz CT molecular complexity index is 783. The maximum atomic E-state index is 12.1. The second-order valence-corrected chi connectivity index (χ2v) is 5.57. The molecule has 0 atom stereocenters. The standard InChI is InChI=1S/C19H21N3O3/c1-3-14-6-4-5-7-17(14)20-18(24)12-13(2)21-22-19(25)15-8-10-16(23)11-9-15/h4-11,23H,3,12H2,1-2H3,(H,20,24)(H,22,25)/b21-13-. The van der Waals surface area contributed by atoms with E-state index in [1.165, 1.54) is 24.3 Å².